The van der Waals surface area contributed by atoms with Crippen molar-refractivity contribution in [1.82, 2.24) is 15.0 Å². The molecule has 1 atom stereocenters. The van der Waals surface area contributed by atoms with E-state index in [-0.39, 0.29) is 0 Å². The van der Waals surface area contributed by atoms with Crippen LogP contribution >= 0.6 is 11.3 Å². The molecule has 1 fully saturated rings. The van der Waals surface area contributed by atoms with E-state index in [0.717, 1.165) is 42.1 Å². The Labute approximate surface area is 134 Å². The second kappa shape index (κ2) is 5.72. The van der Waals surface area contributed by atoms with Gasteiger partial charge < -0.3 is 9.88 Å². The highest BCUT2D eigenvalue weighted by Gasteiger charge is 2.23. The first-order valence-electron chi connectivity index (χ1n) is 7.88. The Kier molecular flexibility index (Phi) is 3.58. The first-order valence-corrected chi connectivity index (χ1v) is 8.76. The van der Waals surface area contributed by atoms with Crippen molar-refractivity contribution >= 4 is 27.5 Å². The second-order valence-electron chi connectivity index (χ2n) is 6.13. The van der Waals surface area contributed by atoms with Crippen molar-refractivity contribution in [3.8, 4) is 0 Å². The van der Waals surface area contributed by atoms with Gasteiger partial charge in [0, 0.05) is 24.9 Å². The zero-order chi connectivity index (χ0) is 14.9. The summed E-state index contributed by atoms with van der Waals surface area (Å²) >= 11 is 1.76. The Bertz CT molecular complexity index is 743. The number of thiazole rings is 1. The fourth-order valence-electron chi connectivity index (χ4n) is 3.27. The van der Waals surface area contributed by atoms with Gasteiger partial charge in [0.25, 0.3) is 0 Å². The standard InChI is InChI=1S/C17H20N4S/c1-12-11-22-17(18-12)21-8-4-5-13(10-21)9-16-19-14-6-2-3-7-15(14)20-16/h2-3,6-7,11,13H,4-5,8-10H2,1H3,(H,19,20). The van der Waals surface area contributed by atoms with Crippen molar-refractivity contribution < 1.29 is 0 Å². The van der Waals surface area contributed by atoms with E-state index in [0.29, 0.717) is 5.92 Å². The van der Waals surface area contributed by atoms with Crippen molar-refractivity contribution in [2.45, 2.75) is 26.2 Å². The smallest absolute Gasteiger partial charge is 0.185 e. The van der Waals surface area contributed by atoms with Gasteiger partial charge in [-0.2, -0.15) is 0 Å². The van der Waals surface area contributed by atoms with Crippen molar-refractivity contribution in [1.29, 1.82) is 0 Å². The molecule has 0 amide bonds. The number of anilines is 1. The van der Waals surface area contributed by atoms with Gasteiger partial charge in [-0.1, -0.05) is 12.1 Å². The lowest BCUT2D eigenvalue weighted by atomic mass is 9.95. The van der Waals surface area contributed by atoms with E-state index in [1.807, 2.05) is 6.07 Å². The summed E-state index contributed by atoms with van der Waals surface area (Å²) in [6.07, 6.45) is 3.54. The maximum absolute atomic E-state index is 4.72. The van der Waals surface area contributed by atoms with Crippen LogP contribution in [0.4, 0.5) is 5.13 Å². The number of aromatic nitrogens is 3. The van der Waals surface area contributed by atoms with E-state index < -0.39 is 0 Å². The minimum atomic E-state index is 0.651. The maximum Gasteiger partial charge on any atom is 0.185 e. The second-order valence-corrected chi connectivity index (χ2v) is 6.97. The van der Waals surface area contributed by atoms with Crippen LogP contribution in [0.1, 0.15) is 24.4 Å². The predicted molar refractivity (Wildman–Crippen MR) is 91.6 cm³/mol. The van der Waals surface area contributed by atoms with Gasteiger partial charge in [-0.3, -0.25) is 0 Å². The van der Waals surface area contributed by atoms with Crippen LogP contribution in [0.15, 0.2) is 29.6 Å². The van der Waals surface area contributed by atoms with Crippen LogP contribution in [-0.2, 0) is 6.42 Å². The normalized spacial score (nSPS) is 19.0. The number of H-pyrrole nitrogens is 1. The van der Waals surface area contributed by atoms with Crippen LogP contribution in [0, 0.1) is 12.8 Å². The minimum Gasteiger partial charge on any atom is -0.348 e. The van der Waals surface area contributed by atoms with Gasteiger partial charge in [-0.25, -0.2) is 9.97 Å². The molecule has 3 aromatic rings. The van der Waals surface area contributed by atoms with E-state index in [2.05, 4.69) is 45.4 Å². The molecule has 0 spiro atoms. The van der Waals surface area contributed by atoms with E-state index in [4.69, 9.17) is 4.98 Å². The molecule has 1 aliphatic heterocycles. The summed E-state index contributed by atoms with van der Waals surface area (Å²) in [5.74, 6) is 1.77. The van der Waals surface area contributed by atoms with Gasteiger partial charge in [0.1, 0.15) is 5.82 Å². The molecule has 22 heavy (non-hydrogen) atoms. The van der Waals surface area contributed by atoms with Crippen LogP contribution in [0.25, 0.3) is 11.0 Å². The number of para-hydroxylation sites is 2. The molecule has 114 valence electrons. The average Bonchev–Trinajstić information content (AvgIpc) is 3.13. The predicted octanol–water partition coefficient (Wildman–Crippen LogP) is 3.79. The lowest BCUT2D eigenvalue weighted by molar-refractivity contribution is 0.407. The molecule has 4 nitrogen and oxygen atoms in total. The van der Waals surface area contributed by atoms with Crippen molar-refractivity contribution in [2.24, 2.45) is 5.92 Å². The van der Waals surface area contributed by atoms with Gasteiger partial charge in [-0.15, -0.1) is 11.3 Å². The lowest BCUT2D eigenvalue weighted by Crippen LogP contribution is -2.36. The lowest BCUT2D eigenvalue weighted by Gasteiger charge is -2.32. The van der Waals surface area contributed by atoms with Gasteiger partial charge in [0.15, 0.2) is 5.13 Å². The molecule has 0 saturated carbocycles. The fourth-order valence-corrected chi connectivity index (χ4v) is 4.11. The molecule has 4 rings (SSSR count). The molecule has 1 aliphatic rings. The summed E-state index contributed by atoms with van der Waals surface area (Å²) in [5.41, 5.74) is 3.33. The zero-order valence-corrected chi connectivity index (χ0v) is 13.6. The number of hydrogen-bond acceptors (Lipinski definition) is 4. The summed E-state index contributed by atoms with van der Waals surface area (Å²) in [4.78, 5) is 15.3. The van der Waals surface area contributed by atoms with Gasteiger partial charge in [0.2, 0.25) is 0 Å². The molecule has 1 saturated heterocycles. The Morgan fingerprint density at radius 1 is 1.32 bits per heavy atom. The maximum atomic E-state index is 4.72. The molecule has 1 aromatic carbocycles. The van der Waals surface area contributed by atoms with E-state index >= 15 is 0 Å². The molecule has 5 heteroatoms. The Morgan fingerprint density at radius 2 is 2.23 bits per heavy atom. The SMILES string of the molecule is Cc1csc(N2CCCC(Cc3nc4ccccc4[nH]3)C2)n1. The molecular formula is C17H20N4S. The number of nitrogens with one attached hydrogen (secondary N) is 1. The highest BCUT2D eigenvalue weighted by Crippen LogP contribution is 2.27. The first kappa shape index (κ1) is 13.8. The van der Waals surface area contributed by atoms with Crippen LogP contribution < -0.4 is 4.90 Å². The summed E-state index contributed by atoms with van der Waals surface area (Å²) in [6, 6.07) is 8.26. The number of piperidine rings is 1. The van der Waals surface area contributed by atoms with Crippen LogP contribution in [-0.4, -0.2) is 28.0 Å². The number of aryl methyl sites for hydroxylation is 1. The number of fused-ring (bicyclic) bond motifs is 1. The van der Waals surface area contributed by atoms with Crippen molar-refractivity contribution in [3.05, 3.63) is 41.2 Å². The molecule has 0 radical (unpaired) electrons. The number of nitrogens with zero attached hydrogens (tertiary/aromatic N) is 3. The number of aromatic amines is 1. The summed E-state index contributed by atoms with van der Waals surface area (Å²) in [7, 11) is 0. The minimum absolute atomic E-state index is 0.651. The van der Waals surface area contributed by atoms with Crippen LogP contribution in [0.3, 0.4) is 0 Å². The molecule has 1 N–H and O–H groups in total. The topological polar surface area (TPSA) is 44.8 Å². The largest absolute Gasteiger partial charge is 0.348 e. The summed E-state index contributed by atoms with van der Waals surface area (Å²) in [5, 5.41) is 3.31. The zero-order valence-electron chi connectivity index (χ0n) is 12.7. The molecule has 1 unspecified atom stereocenters. The van der Waals surface area contributed by atoms with Gasteiger partial charge >= 0.3 is 0 Å². The quantitative estimate of drug-likeness (QED) is 0.800. The van der Waals surface area contributed by atoms with Crippen LogP contribution in [0.2, 0.25) is 0 Å². The highest BCUT2D eigenvalue weighted by molar-refractivity contribution is 7.13. The Hall–Kier alpha value is -1.88. The molecule has 0 bridgehead atoms. The third kappa shape index (κ3) is 2.73. The van der Waals surface area contributed by atoms with Gasteiger partial charge in [-0.05, 0) is 37.8 Å². The third-order valence-electron chi connectivity index (χ3n) is 4.32. The monoisotopic (exact) mass is 312 g/mol. The van der Waals surface area contributed by atoms with E-state index in [1.54, 1.807) is 11.3 Å². The summed E-state index contributed by atoms with van der Waals surface area (Å²) in [6.45, 7) is 4.28. The van der Waals surface area contributed by atoms with E-state index in [1.165, 1.54) is 18.0 Å². The number of rotatable bonds is 3. The number of hydrogen-bond donors (Lipinski definition) is 1. The number of benzene rings is 1. The molecular weight excluding hydrogens is 292 g/mol. The van der Waals surface area contributed by atoms with E-state index in [9.17, 15) is 0 Å². The van der Waals surface area contributed by atoms with Crippen molar-refractivity contribution in [3.63, 3.8) is 0 Å². The van der Waals surface area contributed by atoms with Crippen LogP contribution in [0.5, 0.6) is 0 Å². The molecule has 0 aliphatic carbocycles. The fraction of sp³-hybridized carbons (Fsp3) is 0.412. The highest BCUT2D eigenvalue weighted by atomic mass is 32.1. The third-order valence-corrected chi connectivity index (χ3v) is 5.34. The average molecular weight is 312 g/mol. The van der Waals surface area contributed by atoms with Crippen molar-refractivity contribution in [2.75, 3.05) is 18.0 Å². The van der Waals surface area contributed by atoms with Gasteiger partial charge in [0.05, 0.1) is 16.7 Å². The Morgan fingerprint density at radius 3 is 3.05 bits per heavy atom. The molecule has 2 aromatic heterocycles. The first-order chi connectivity index (χ1) is 10.8. The summed E-state index contributed by atoms with van der Waals surface area (Å²) < 4.78 is 0. The Balaban J connectivity index is 1.48. The number of imidazole rings is 1. The molecule has 3 heterocycles.